The van der Waals surface area contributed by atoms with Crippen LogP contribution in [0.15, 0.2) is 4.90 Å². The number of hydrogen-bond acceptors (Lipinski definition) is 4. The molecule has 120 valence electrons. The fourth-order valence-electron chi connectivity index (χ4n) is 3.07. The molecule has 1 aromatic rings. The van der Waals surface area contributed by atoms with Crippen molar-refractivity contribution >= 4 is 10.0 Å². The maximum Gasteiger partial charge on any atom is 0.246 e. The van der Waals surface area contributed by atoms with E-state index >= 15 is 0 Å². The van der Waals surface area contributed by atoms with Gasteiger partial charge in [-0.2, -0.15) is 9.40 Å². The Labute approximate surface area is 126 Å². The summed E-state index contributed by atoms with van der Waals surface area (Å²) in [5.41, 5.74) is 1.11. The molecule has 1 saturated heterocycles. The monoisotopic (exact) mass is 315 g/mol. The number of aromatic nitrogens is 2. The molecule has 0 saturated carbocycles. The number of rotatable bonds is 4. The number of piperidine rings is 1. The maximum atomic E-state index is 13.0. The zero-order chi connectivity index (χ0) is 15.8. The number of sulfonamides is 1. The molecule has 0 aromatic carbocycles. The summed E-state index contributed by atoms with van der Waals surface area (Å²) in [6, 6.07) is 0.0196. The average Bonchev–Trinajstić information content (AvgIpc) is 2.68. The zero-order valence-electron chi connectivity index (χ0n) is 13.2. The lowest BCUT2D eigenvalue weighted by Gasteiger charge is -2.35. The van der Waals surface area contributed by atoms with E-state index in [0.717, 1.165) is 12.8 Å². The second-order valence-electron chi connectivity index (χ2n) is 6.05. The summed E-state index contributed by atoms with van der Waals surface area (Å²) in [6.45, 7) is 8.34. The van der Waals surface area contributed by atoms with Crippen molar-refractivity contribution in [3.63, 3.8) is 0 Å². The number of nitrogens with zero attached hydrogens (tertiary/aromatic N) is 3. The molecule has 6 nitrogen and oxygen atoms in total. The Hall–Kier alpha value is -0.920. The lowest BCUT2D eigenvalue weighted by molar-refractivity contribution is 0.218. The summed E-state index contributed by atoms with van der Waals surface area (Å²) in [7, 11) is -3.53. The first kappa shape index (κ1) is 16.5. The highest BCUT2D eigenvalue weighted by Gasteiger charge is 2.36. The van der Waals surface area contributed by atoms with Gasteiger partial charge in [-0.1, -0.05) is 6.92 Å². The Balaban J connectivity index is 2.44. The van der Waals surface area contributed by atoms with Gasteiger partial charge in [0.1, 0.15) is 4.90 Å². The predicted molar refractivity (Wildman–Crippen MR) is 80.5 cm³/mol. The zero-order valence-corrected chi connectivity index (χ0v) is 14.0. The second kappa shape index (κ2) is 6.06. The molecule has 1 aliphatic rings. The molecule has 7 heteroatoms. The molecule has 2 unspecified atom stereocenters. The number of hydrogen-bond donors (Lipinski definition) is 1. The molecule has 21 heavy (non-hydrogen) atoms. The molecule has 1 fully saturated rings. The summed E-state index contributed by atoms with van der Waals surface area (Å²) < 4.78 is 29.2. The van der Waals surface area contributed by atoms with Gasteiger partial charge >= 0.3 is 0 Å². The van der Waals surface area contributed by atoms with Gasteiger partial charge in [0, 0.05) is 12.6 Å². The molecule has 1 N–H and O–H groups in total. The van der Waals surface area contributed by atoms with E-state index in [0.29, 0.717) is 35.3 Å². The Bertz CT molecular complexity index is 609. The van der Waals surface area contributed by atoms with Gasteiger partial charge in [0.2, 0.25) is 10.0 Å². The summed E-state index contributed by atoms with van der Waals surface area (Å²) >= 11 is 0. The topological polar surface area (TPSA) is 75.4 Å². The molecule has 0 aliphatic carbocycles. The van der Waals surface area contributed by atoms with Gasteiger partial charge in [0.25, 0.3) is 0 Å². The molecule has 2 heterocycles. The van der Waals surface area contributed by atoms with E-state index in [1.54, 1.807) is 22.8 Å². The van der Waals surface area contributed by atoms with E-state index < -0.39 is 10.0 Å². The molecule has 0 bridgehead atoms. The van der Waals surface area contributed by atoms with Crippen molar-refractivity contribution in [2.75, 3.05) is 13.2 Å². The van der Waals surface area contributed by atoms with Crippen LogP contribution in [0.4, 0.5) is 0 Å². The predicted octanol–water partition coefficient (Wildman–Crippen LogP) is 1.30. The van der Waals surface area contributed by atoms with E-state index in [2.05, 4.69) is 12.0 Å². The third-order valence-electron chi connectivity index (χ3n) is 4.25. The molecule has 2 rings (SSSR count). The molecule has 0 amide bonds. The van der Waals surface area contributed by atoms with Crippen LogP contribution < -0.4 is 0 Å². The largest absolute Gasteiger partial charge is 0.394 e. The molecular weight excluding hydrogens is 290 g/mol. The van der Waals surface area contributed by atoms with Crippen LogP contribution in [0.3, 0.4) is 0 Å². The maximum absolute atomic E-state index is 13.0. The summed E-state index contributed by atoms with van der Waals surface area (Å²) in [6.07, 6.45) is 1.96. The summed E-state index contributed by atoms with van der Waals surface area (Å²) in [5, 5.41) is 13.3. The third-order valence-corrected chi connectivity index (χ3v) is 6.49. The van der Waals surface area contributed by atoms with Gasteiger partial charge in [-0.25, -0.2) is 8.42 Å². The number of aryl methyl sites for hydroxylation is 1. The first-order valence-corrected chi connectivity index (χ1v) is 8.89. The van der Waals surface area contributed by atoms with Crippen molar-refractivity contribution in [3.05, 3.63) is 11.4 Å². The molecular formula is C14H25N3O3S. The van der Waals surface area contributed by atoms with Gasteiger partial charge in [-0.3, -0.25) is 4.68 Å². The van der Waals surface area contributed by atoms with Crippen LogP contribution in [0.2, 0.25) is 0 Å². The van der Waals surface area contributed by atoms with Gasteiger partial charge in [-0.15, -0.1) is 0 Å². The Morgan fingerprint density at radius 1 is 1.29 bits per heavy atom. The Morgan fingerprint density at radius 3 is 2.57 bits per heavy atom. The van der Waals surface area contributed by atoms with Crippen LogP contribution in [0.25, 0.3) is 0 Å². The summed E-state index contributed by atoms with van der Waals surface area (Å²) in [5.74, 6) is 0.379. The lowest BCUT2D eigenvalue weighted by Crippen LogP contribution is -2.45. The van der Waals surface area contributed by atoms with Crippen molar-refractivity contribution < 1.29 is 13.5 Å². The second-order valence-corrected chi connectivity index (χ2v) is 7.88. The average molecular weight is 315 g/mol. The van der Waals surface area contributed by atoms with Crippen LogP contribution in [-0.2, 0) is 16.6 Å². The highest BCUT2D eigenvalue weighted by Crippen LogP contribution is 2.30. The van der Waals surface area contributed by atoms with Crippen LogP contribution in [0.1, 0.15) is 38.1 Å². The normalized spacial score (nSPS) is 24.4. The molecule has 2 atom stereocenters. The Morgan fingerprint density at radius 2 is 1.95 bits per heavy atom. The van der Waals surface area contributed by atoms with Gasteiger partial charge < -0.3 is 5.11 Å². The van der Waals surface area contributed by atoms with Gasteiger partial charge in [-0.05, 0) is 39.5 Å². The first-order valence-electron chi connectivity index (χ1n) is 7.45. The van der Waals surface area contributed by atoms with Crippen molar-refractivity contribution in [2.24, 2.45) is 5.92 Å². The van der Waals surface area contributed by atoms with Crippen LogP contribution in [-0.4, -0.2) is 46.8 Å². The fraction of sp³-hybridized carbons (Fsp3) is 0.786. The molecule has 0 radical (unpaired) electrons. The number of aliphatic hydroxyl groups is 1. The minimum absolute atomic E-state index is 0.0196. The van der Waals surface area contributed by atoms with Crippen molar-refractivity contribution in [1.82, 2.24) is 14.1 Å². The van der Waals surface area contributed by atoms with Crippen LogP contribution >= 0.6 is 0 Å². The third kappa shape index (κ3) is 3.00. The lowest BCUT2D eigenvalue weighted by atomic mass is 9.97. The van der Waals surface area contributed by atoms with E-state index in [-0.39, 0.29) is 12.6 Å². The number of aliphatic hydroxyl groups excluding tert-OH is 1. The highest BCUT2D eigenvalue weighted by atomic mass is 32.2. The molecule has 1 aromatic heterocycles. The van der Waals surface area contributed by atoms with Gasteiger partial charge in [0.15, 0.2) is 0 Å². The minimum Gasteiger partial charge on any atom is -0.394 e. The van der Waals surface area contributed by atoms with Crippen LogP contribution in [0, 0.1) is 19.8 Å². The molecule has 0 spiro atoms. The Kier molecular flexibility index (Phi) is 4.75. The summed E-state index contributed by atoms with van der Waals surface area (Å²) in [4.78, 5) is 0.303. The SMILES string of the molecule is Cc1nn(CCO)c(C)c1S(=O)(=O)N1CC(C)CCC1C. The van der Waals surface area contributed by atoms with Crippen molar-refractivity contribution in [1.29, 1.82) is 0 Å². The highest BCUT2D eigenvalue weighted by molar-refractivity contribution is 7.89. The quantitative estimate of drug-likeness (QED) is 0.909. The van der Waals surface area contributed by atoms with E-state index in [1.165, 1.54) is 0 Å². The van der Waals surface area contributed by atoms with Crippen molar-refractivity contribution in [2.45, 2.75) is 58.0 Å². The molecule has 1 aliphatic heterocycles. The standard InChI is InChI=1S/C14H25N3O3S/c1-10-5-6-11(2)17(9-10)21(19,20)14-12(3)15-16(7-8-18)13(14)4/h10-11,18H,5-9H2,1-4H3. The van der Waals surface area contributed by atoms with E-state index in [4.69, 9.17) is 5.11 Å². The van der Waals surface area contributed by atoms with E-state index in [1.807, 2.05) is 6.92 Å². The van der Waals surface area contributed by atoms with Crippen molar-refractivity contribution in [3.8, 4) is 0 Å². The first-order chi connectivity index (χ1) is 9.78. The van der Waals surface area contributed by atoms with E-state index in [9.17, 15) is 8.42 Å². The smallest absolute Gasteiger partial charge is 0.246 e. The van der Waals surface area contributed by atoms with Gasteiger partial charge in [0.05, 0.1) is 24.5 Å². The van der Waals surface area contributed by atoms with Crippen LogP contribution in [0.5, 0.6) is 0 Å². The fourth-order valence-corrected chi connectivity index (χ4v) is 5.22. The minimum atomic E-state index is -3.53.